The molecule has 0 bridgehead atoms. The SMILES string of the molecule is O=C(O)c1ccc(-n2cc(C3(O)CCCC3)nn2)cc1. The van der Waals surface area contributed by atoms with Gasteiger partial charge in [-0.15, -0.1) is 5.10 Å². The summed E-state index contributed by atoms with van der Waals surface area (Å²) in [6.45, 7) is 0. The molecule has 0 unspecified atom stereocenters. The smallest absolute Gasteiger partial charge is 0.335 e. The standard InChI is InChI=1S/C14H15N3O3/c18-13(19)10-3-5-11(6-4-10)17-9-12(15-16-17)14(20)7-1-2-8-14/h3-6,9,20H,1-2,7-8H2,(H,18,19). The van der Waals surface area contributed by atoms with E-state index in [0.717, 1.165) is 18.5 Å². The number of benzene rings is 1. The molecular weight excluding hydrogens is 258 g/mol. The molecule has 1 saturated carbocycles. The van der Waals surface area contributed by atoms with Crippen molar-refractivity contribution in [2.75, 3.05) is 0 Å². The Kier molecular flexibility index (Phi) is 3.02. The Morgan fingerprint density at radius 2 is 1.85 bits per heavy atom. The van der Waals surface area contributed by atoms with Gasteiger partial charge in [0.25, 0.3) is 0 Å². The van der Waals surface area contributed by atoms with Crippen LogP contribution in [0, 0.1) is 0 Å². The Labute approximate surface area is 115 Å². The minimum Gasteiger partial charge on any atom is -0.478 e. The van der Waals surface area contributed by atoms with Crippen LogP contribution in [0.2, 0.25) is 0 Å². The summed E-state index contributed by atoms with van der Waals surface area (Å²) in [6.07, 6.45) is 5.13. The van der Waals surface area contributed by atoms with E-state index in [2.05, 4.69) is 10.3 Å². The predicted octanol–water partition coefficient (Wildman–Crippen LogP) is 1.73. The van der Waals surface area contributed by atoms with E-state index in [1.54, 1.807) is 23.0 Å². The van der Waals surface area contributed by atoms with Crippen LogP contribution in [0.25, 0.3) is 5.69 Å². The first-order valence-corrected chi connectivity index (χ1v) is 6.57. The van der Waals surface area contributed by atoms with Gasteiger partial charge in [0.2, 0.25) is 0 Å². The second-order valence-electron chi connectivity index (χ2n) is 5.14. The Morgan fingerprint density at radius 1 is 1.20 bits per heavy atom. The third-order valence-electron chi connectivity index (χ3n) is 3.78. The molecule has 0 aliphatic heterocycles. The van der Waals surface area contributed by atoms with Crippen molar-refractivity contribution in [2.45, 2.75) is 31.3 Å². The summed E-state index contributed by atoms with van der Waals surface area (Å²) in [5, 5.41) is 27.4. The van der Waals surface area contributed by atoms with E-state index in [0.29, 0.717) is 18.5 Å². The third-order valence-corrected chi connectivity index (χ3v) is 3.78. The van der Waals surface area contributed by atoms with Gasteiger partial charge in [0, 0.05) is 0 Å². The zero-order chi connectivity index (χ0) is 14.2. The summed E-state index contributed by atoms with van der Waals surface area (Å²) in [5.74, 6) is -0.962. The van der Waals surface area contributed by atoms with Gasteiger partial charge in [0.1, 0.15) is 11.3 Å². The molecule has 1 aliphatic carbocycles. The van der Waals surface area contributed by atoms with E-state index in [1.807, 2.05) is 0 Å². The highest BCUT2D eigenvalue weighted by molar-refractivity contribution is 5.87. The van der Waals surface area contributed by atoms with Crippen molar-refractivity contribution in [1.82, 2.24) is 15.0 Å². The van der Waals surface area contributed by atoms with Crippen LogP contribution in [0.5, 0.6) is 0 Å². The topological polar surface area (TPSA) is 88.2 Å². The highest BCUT2D eigenvalue weighted by Gasteiger charge is 2.35. The molecule has 20 heavy (non-hydrogen) atoms. The fourth-order valence-corrected chi connectivity index (χ4v) is 2.58. The number of hydrogen-bond acceptors (Lipinski definition) is 4. The Balaban J connectivity index is 1.88. The molecule has 1 aromatic heterocycles. The lowest BCUT2D eigenvalue weighted by atomic mass is 9.99. The summed E-state index contributed by atoms with van der Waals surface area (Å²) >= 11 is 0. The quantitative estimate of drug-likeness (QED) is 0.889. The lowest BCUT2D eigenvalue weighted by molar-refractivity contribution is 0.0398. The molecule has 2 aromatic rings. The number of rotatable bonds is 3. The molecule has 1 aromatic carbocycles. The van der Waals surface area contributed by atoms with Crippen molar-refractivity contribution in [2.24, 2.45) is 0 Å². The second-order valence-corrected chi connectivity index (χ2v) is 5.14. The van der Waals surface area contributed by atoms with Crippen molar-refractivity contribution < 1.29 is 15.0 Å². The van der Waals surface area contributed by atoms with Crippen LogP contribution in [0.1, 0.15) is 41.7 Å². The number of aromatic nitrogens is 3. The average molecular weight is 273 g/mol. The number of carbonyl (C=O) groups is 1. The molecule has 0 saturated heterocycles. The van der Waals surface area contributed by atoms with Crippen LogP contribution in [0.3, 0.4) is 0 Å². The molecule has 6 nitrogen and oxygen atoms in total. The molecule has 0 amide bonds. The molecule has 2 N–H and O–H groups in total. The molecule has 1 aliphatic rings. The van der Waals surface area contributed by atoms with Gasteiger partial charge >= 0.3 is 5.97 Å². The highest BCUT2D eigenvalue weighted by atomic mass is 16.4. The Morgan fingerprint density at radius 3 is 2.45 bits per heavy atom. The summed E-state index contributed by atoms with van der Waals surface area (Å²) in [6, 6.07) is 6.37. The lowest BCUT2D eigenvalue weighted by Gasteiger charge is -2.17. The van der Waals surface area contributed by atoms with Crippen molar-refractivity contribution in [3.05, 3.63) is 41.7 Å². The van der Waals surface area contributed by atoms with Crippen LogP contribution in [0.4, 0.5) is 0 Å². The van der Waals surface area contributed by atoms with Gasteiger partial charge < -0.3 is 10.2 Å². The van der Waals surface area contributed by atoms with Gasteiger partial charge in [-0.05, 0) is 37.1 Å². The van der Waals surface area contributed by atoms with Crippen LogP contribution in [-0.2, 0) is 5.60 Å². The fourth-order valence-electron chi connectivity index (χ4n) is 2.58. The molecule has 104 valence electrons. The van der Waals surface area contributed by atoms with Crippen molar-refractivity contribution >= 4 is 5.97 Å². The number of aromatic carboxylic acids is 1. The van der Waals surface area contributed by atoms with E-state index in [9.17, 15) is 9.90 Å². The molecule has 3 rings (SSSR count). The van der Waals surface area contributed by atoms with Crippen LogP contribution >= 0.6 is 0 Å². The van der Waals surface area contributed by atoms with Crippen LogP contribution < -0.4 is 0 Å². The van der Waals surface area contributed by atoms with Gasteiger partial charge in [0.15, 0.2) is 0 Å². The summed E-state index contributed by atoms with van der Waals surface area (Å²) in [4.78, 5) is 10.8. The third kappa shape index (κ3) is 2.18. The first-order valence-electron chi connectivity index (χ1n) is 6.57. The van der Waals surface area contributed by atoms with Crippen molar-refractivity contribution in [1.29, 1.82) is 0 Å². The molecular formula is C14H15N3O3. The molecule has 6 heteroatoms. The molecule has 1 fully saturated rings. The normalized spacial score (nSPS) is 17.2. The van der Waals surface area contributed by atoms with E-state index in [-0.39, 0.29) is 5.56 Å². The van der Waals surface area contributed by atoms with E-state index < -0.39 is 11.6 Å². The largest absolute Gasteiger partial charge is 0.478 e. The number of aliphatic hydroxyl groups is 1. The molecule has 0 atom stereocenters. The Hall–Kier alpha value is -2.21. The monoisotopic (exact) mass is 273 g/mol. The maximum atomic E-state index is 10.8. The maximum Gasteiger partial charge on any atom is 0.335 e. The van der Waals surface area contributed by atoms with E-state index in [4.69, 9.17) is 5.11 Å². The second kappa shape index (κ2) is 4.72. The first kappa shape index (κ1) is 12.8. The predicted molar refractivity (Wildman–Crippen MR) is 70.7 cm³/mol. The molecule has 1 heterocycles. The van der Waals surface area contributed by atoms with Gasteiger partial charge in [0.05, 0.1) is 17.4 Å². The summed E-state index contributed by atoms with van der Waals surface area (Å²) in [7, 11) is 0. The van der Waals surface area contributed by atoms with Crippen molar-refractivity contribution in [3.8, 4) is 5.69 Å². The van der Waals surface area contributed by atoms with Gasteiger partial charge in [-0.3, -0.25) is 0 Å². The van der Waals surface area contributed by atoms with Crippen LogP contribution in [-0.4, -0.2) is 31.2 Å². The zero-order valence-electron chi connectivity index (χ0n) is 10.9. The average Bonchev–Trinajstić information content (AvgIpc) is 3.08. The first-order chi connectivity index (χ1) is 9.58. The molecule has 0 spiro atoms. The van der Waals surface area contributed by atoms with Gasteiger partial charge in [-0.1, -0.05) is 18.1 Å². The van der Waals surface area contributed by atoms with Gasteiger partial charge in [-0.25, -0.2) is 9.48 Å². The highest BCUT2D eigenvalue weighted by Crippen LogP contribution is 2.37. The van der Waals surface area contributed by atoms with E-state index in [1.165, 1.54) is 12.1 Å². The zero-order valence-corrected chi connectivity index (χ0v) is 10.9. The minimum atomic E-state index is -0.962. The van der Waals surface area contributed by atoms with E-state index >= 15 is 0 Å². The minimum absolute atomic E-state index is 0.225. The fraction of sp³-hybridized carbons (Fsp3) is 0.357. The number of carboxylic acids is 1. The Bertz CT molecular complexity index is 627. The summed E-state index contributed by atoms with van der Waals surface area (Å²) < 4.78 is 1.55. The number of hydrogen-bond donors (Lipinski definition) is 2. The van der Waals surface area contributed by atoms with Crippen LogP contribution in [0.15, 0.2) is 30.5 Å². The van der Waals surface area contributed by atoms with Gasteiger partial charge in [-0.2, -0.15) is 0 Å². The lowest BCUT2D eigenvalue weighted by Crippen LogP contribution is -2.21. The maximum absolute atomic E-state index is 10.8. The molecule has 0 radical (unpaired) electrons. The summed E-state index contributed by atoms with van der Waals surface area (Å²) in [5.41, 5.74) is 0.662. The number of nitrogens with zero attached hydrogens (tertiary/aromatic N) is 3. The number of carboxylic acid groups (broad SMARTS) is 1. The van der Waals surface area contributed by atoms with Crippen molar-refractivity contribution in [3.63, 3.8) is 0 Å².